The summed E-state index contributed by atoms with van der Waals surface area (Å²) in [5, 5.41) is 8.03. The molecule has 35 heavy (non-hydrogen) atoms. The molecular weight excluding hydrogens is 444 g/mol. The summed E-state index contributed by atoms with van der Waals surface area (Å²) in [4.78, 5) is 34.5. The fourth-order valence-electron chi connectivity index (χ4n) is 4.16. The van der Waals surface area contributed by atoms with Crippen molar-refractivity contribution in [1.82, 2.24) is 19.7 Å². The summed E-state index contributed by atoms with van der Waals surface area (Å²) in [6.45, 7) is 11.2. The molecule has 0 unspecified atom stereocenters. The first kappa shape index (κ1) is 24.7. The van der Waals surface area contributed by atoms with Crippen LogP contribution in [0.1, 0.15) is 55.7 Å². The van der Waals surface area contributed by atoms with Gasteiger partial charge in [0.25, 0.3) is 5.91 Å². The Labute approximate surface area is 206 Å². The molecule has 0 saturated carbocycles. The van der Waals surface area contributed by atoms with Crippen LogP contribution < -0.4 is 10.2 Å². The lowest BCUT2D eigenvalue weighted by molar-refractivity contribution is -0.116. The lowest BCUT2D eigenvalue weighted by Gasteiger charge is -2.28. The summed E-state index contributed by atoms with van der Waals surface area (Å²) >= 11 is 0. The van der Waals surface area contributed by atoms with Gasteiger partial charge < -0.3 is 19.9 Å². The number of amides is 2. The fraction of sp³-hybridized carbons (Fsp3) is 0.462. The first-order valence-electron chi connectivity index (χ1n) is 12.1. The Bertz CT molecular complexity index is 1200. The quantitative estimate of drug-likeness (QED) is 0.557. The van der Waals surface area contributed by atoms with Gasteiger partial charge in [-0.3, -0.25) is 9.59 Å². The van der Waals surface area contributed by atoms with Crippen molar-refractivity contribution < 1.29 is 14.3 Å². The highest BCUT2D eigenvalue weighted by Crippen LogP contribution is 2.25. The van der Waals surface area contributed by atoms with Gasteiger partial charge in [0.2, 0.25) is 5.91 Å². The molecule has 186 valence electrons. The molecule has 0 bridgehead atoms. The Morgan fingerprint density at radius 2 is 1.80 bits per heavy atom. The molecule has 1 aliphatic heterocycles. The summed E-state index contributed by atoms with van der Waals surface area (Å²) in [7, 11) is 1.64. The van der Waals surface area contributed by atoms with E-state index in [4.69, 9.17) is 9.72 Å². The number of ether oxygens (including phenoxy) is 1. The predicted molar refractivity (Wildman–Crippen MR) is 137 cm³/mol. The minimum absolute atomic E-state index is 0.0663. The van der Waals surface area contributed by atoms with E-state index in [1.165, 1.54) is 4.90 Å². The average molecular weight is 479 g/mol. The molecule has 2 amide bonds. The van der Waals surface area contributed by atoms with Gasteiger partial charge in [-0.15, -0.1) is 0 Å². The van der Waals surface area contributed by atoms with Gasteiger partial charge in [0, 0.05) is 43.2 Å². The summed E-state index contributed by atoms with van der Waals surface area (Å²) in [5.41, 5.74) is 3.81. The number of rotatable bonds is 7. The minimum atomic E-state index is -0.257. The van der Waals surface area contributed by atoms with Crippen LogP contribution in [0, 0.1) is 0 Å². The maximum Gasteiger partial charge on any atom is 0.254 e. The van der Waals surface area contributed by atoms with Crippen LogP contribution in [0.25, 0.3) is 11.0 Å². The number of morpholine rings is 1. The Morgan fingerprint density at radius 3 is 2.43 bits per heavy atom. The van der Waals surface area contributed by atoms with Gasteiger partial charge in [-0.25, -0.2) is 9.67 Å². The van der Waals surface area contributed by atoms with Crippen LogP contribution >= 0.6 is 0 Å². The van der Waals surface area contributed by atoms with E-state index >= 15 is 0 Å². The number of carbonyl (C=O) groups is 2. The number of pyridine rings is 1. The number of benzene rings is 1. The number of hydrogen-bond acceptors (Lipinski definition) is 6. The van der Waals surface area contributed by atoms with E-state index in [0.29, 0.717) is 22.3 Å². The van der Waals surface area contributed by atoms with E-state index in [9.17, 15) is 9.59 Å². The zero-order valence-electron chi connectivity index (χ0n) is 21.1. The largest absolute Gasteiger partial charge is 0.378 e. The van der Waals surface area contributed by atoms with Crippen LogP contribution in [0.3, 0.4) is 0 Å². The van der Waals surface area contributed by atoms with Gasteiger partial charge in [-0.2, -0.15) is 5.10 Å². The van der Waals surface area contributed by atoms with Gasteiger partial charge in [0.15, 0.2) is 5.65 Å². The molecule has 0 radical (unpaired) electrons. The zero-order valence-corrected chi connectivity index (χ0v) is 21.1. The molecule has 1 aliphatic rings. The van der Waals surface area contributed by atoms with Gasteiger partial charge in [-0.1, -0.05) is 13.8 Å². The number of likely N-dealkylation sites (N-methyl/N-ethyl adjacent to an activating group) is 1. The lowest BCUT2D eigenvalue weighted by Crippen LogP contribution is -2.36. The highest BCUT2D eigenvalue weighted by molar-refractivity contribution is 6.07. The summed E-state index contributed by atoms with van der Waals surface area (Å²) in [6.07, 6.45) is 1.68. The summed E-state index contributed by atoms with van der Waals surface area (Å²) < 4.78 is 7.22. The predicted octanol–water partition coefficient (Wildman–Crippen LogP) is 3.68. The second-order valence-corrected chi connectivity index (χ2v) is 9.53. The molecule has 2 aromatic heterocycles. The molecule has 3 aromatic rings. The van der Waals surface area contributed by atoms with Crippen molar-refractivity contribution in [1.29, 1.82) is 0 Å². The molecule has 0 atom stereocenters. The van der Waals surface area contributed by atoms with Crippen LogP contribution in [0.5, 0.6) is 0 Å². The molecule has 3 heterocycles. The number of fused-ring (bicyclic) bond motifs is 1. The Kier molecular flexibility index (Phi) is 7.35. The minimum Gasteiger partial charge on any atom is -0.378 e. The first-order chi connectivity index (χ1) is 16.7. The van der Waals surface area contributed by atoms with Crippen LogP contribution in [0.4, 0.5) is 11.4 Å². The third-order valence-corrected chi connectivity index (χ3v) is 6.15. The van der Waals surface area contributed by atoms with Gasteiger partial charge >= 0.3 is 0 Å². The molecule has 1 saturated heterocycles. The van der Waals surface area contributed by atoms with E-state index in [2.05, 4.69) is 15.3 Å². The Morgan fingerprint density at radius 1 is 1.11 bits per heavy atom. The highest BCUT2D eigenvalue weighted by atomic mass is 16.5. The smallest absolute Gasteiger partial charge is 0.254 e. The molecule has 0 spiro atoms. The highest BCUT2D eigenvalue weighted by Gasteiger charge is 2.22. The number of nitrogens with zero attached hydrogens (tertiary/aromatic N) is 5. The standard InChI is InChI=1S/C26H34N6O3/c1-17(2)23-14-21(22-15-27-32(18(3)4)25(22)29-23)26(34)30(5)16-24(33)28-19-6-8-20(9-7-19)31-10-12-35-13-11-31/h6-9,14-15,17-18H,10-13,16H2,1-5H3,(H,28,33). The van der Waals surface area contributed by atoms with Gasteiger partial charge in [-0.05, 0) is 50.1 Å². The molecule has 4 rings (SSSR count). The zero-order chi connectivity index (χ0) is 25.1. The topological polar surface area (TPSA) is 92.6 Å². The van der Waals surface area contributed by atoms with Crippen LogP contribution in [-0.2, 0) is 9.53 Å². The number of anilines is 2. The number of hydrogen-bond donors (Lipinski definition) is 1. The molecule has 9 heteroatoms. The van der Waals surface area contributed by atoms with Crippen molar-refractivity contribution in [2.75, 3.05) is 50.1 Å². The molecular formula is C26H34N6O3. The number of nitrogens with one attached hydrogen (secondary N) is 1. The van der Waals surface area contributed by atoms with Crippen molar-refractivity contribution in [3.05, 3.63) is 47.8 Å². The summed E-state index contributed by atoms with van der Waals surface area (Å²) in [5.74, 6) is -0.344. The number of carbonyl (C=O) groups excluding carboxylic acids is 2. The van der Waals surface area contributed by atoms with E-state index in [1.54, 1.807) is 13.2 Å². The monoisotopic (exact) mass is 478 g/mol. The lowest BCUT2D eigenvalue weighted by atomic mass is 10.0. The van der Waals surface area contributed by atoms with E-state index < -0.39 is 0 Å². The van der Waals surface area contributed by atoms with Crippen molar-refractivity contribution in [3.8, 4) is 0 Å². The van der Waals surface area contributed by atoms with E-state index in [0.717, 1.165) is 37.7 Å². The molecule has 1 aromatic carbocycles. The average Bonchev–Trinajstić information content (AvgIpc) is 3.28. The normalized spacial score (nSPS) is 14.1. The number of aromatic nitrogens is 3. The third kappa shape index (κ3) is 5.45. The second-order valence-electron chi connectivity index (χ2n) is 9.53. The SMILES string of the molecule is CC(C)c1cc(C(=O)N(C)CC(=O)Nc2ccc(N3CCOCC3)cc2)c2cnn(C(C)C)c2n1. The molecule has 9 nitrogen and oxygen atoms in total. The van der Waals surface area contributed by atoms with E-state index in [1.807, 2.05) is 62.7 Å². The van der Waals surface area contributed by atoms with Crippen LogP contribution in [0.2, 0.25) is 0 Å². The van der Waals surface area contributed by atoms with Gasteiger partial charge in [0.1, 0.15) is 0 Å². The fourth-order valence-corrected chi connectivity index (χ4v) is 4.16. The second kappa shape index (κ2) is 10.4. The van der Waals surface area contributed by atoms with Gasteiger partial charge in [0.05, 0.1) is 36.9 Å². The van der Waals surface area contributed by atoms with Crippen molar-refractivity contribution in [3.63, 3.8) is 0 Å². The van der Waals surface area contributed by atoms with Crippen molar-refractivity contribution in [2.24, 2.45) is 0 Å². The van der Waals surface area contributed by atoms with Crippen molar-refractivity contribution >= 4 is 34.2 Å². The summed E-state index contributed by atoms with van der Waals surface area (Å²) in [6, 6.07) is 9.68. The maximum atomic E-state index is 13.4. The Hall–Kier alpha value is -3.46. The molecule has 0 aliphatic carbocycles. The van der Waals surface area contributed by atoms with E-state index in [-0.39, 0.29) is 30.3 Å². The molecule has 1 N–H and O–H groups in total. The third-order valence-electron chi connectivity index (χ3n) is 6.15. The maximum absolute atomic E-state index is 13.4. The van der Waals surface area contributed by atoms with Crippen LogP contribution in [0.15, 0.2) is 36.5 Å². The van der Waals surface area contributed by atoms with Crippen LogP contribution in [-0.4, -0.2) is 71.4 Å². The Balaban J connectivity index is 1.46. The first-order valence-corrected chi connectivity index (χ1v) is 12.1. The molecule has 1 fully saturated rings. The van der Waals surface area contributed by atoms with Crippen molar-refractivity contribution in [2.45, 2.75) is 39.7 Å².